The molecular formula is C48H30O. The first-order chi connectivity index (χ1) is 29.7. The zero-order valence-electron chi connectivity index (χ0n) is 38.7. The Kier molecular flexibility index (Phi) is 3.99. The van der Waals surface area contributed by atoms with Gasteiger partial charge in [-0.1, -0.05) is 170 Å². The standard InChI is InChI=1S/C48H30O/c1-2-15-32(16-3-1)45-39-21-6-8-23-41(39)46(42-24-9-7-22-40(42)45)34-19-10-18-33(30-34)36-25-12-28-43-47-38(27-13-29-44(47)49-48(36)43)37-26-11-17-31-14-4-5-20-35(31)37/h1-30H/i1D,2D,3D,6D,7D,8D,9D,15D,16D,21D,22D,23D,24D. The van der Waals surface area contributed by atoms with E-state index in [0.717, 1.165) is 32.7 Å². The lowest BCUT2D eigenvalue weighted by Gasteiger charge is -2.18. The Hall–Kier alpha value is -6.44. The molecule has 0 aliphatic carbocycles. The van der Waals surface area contributed by atoms with Gasteiger partial charge in [-0.05, 0) is 83.4 Å². The van der Waals surface area contributed by atoms with E-state index in [9.17, 15) is 5.48 Å². The van der Waals surface area contributed by atoms with Crippen LogP contribution in [0.15, 0.2) is 186 Å². The number of furan rings is 1. The lowest BCUT2D eigenvalue weighted by Crippen LogP contribution is -1.91. The molecule has 0 atom stereocenters. The third-order valence-electron chi connectivity index (χ3n) is 9.19. The van der Waals surface area contributed by atoms with Crippen molar-refractivity contribution in [3.8, 4) is 44.5 Å². The van der Waals surface area contributed by atoms with Gasteiger partial charge in [0.2, 0.25) is 0 Å². The molecule has 10 aromatic rings. The predicted octanol–water partition coefficient (Wildman–Crippen LogP) is 13.7. The molecule has 0 aliphatic heterocycles. The second-order valence-corrected chi connectivity index (χ2v) is 11.8. The van der Waals surface area contributed by atoms with Crippen LogP contribution in [-0.2, 0) is 0 Å². The van der Waals surface area contributed by atoms with Gasteiger partial charge in [0.05, 0.1) is 17.8 Å². The van der Waals surface area contributed by atoms with Crippen LogP contribution in [0.3, 0.4) is 0 Å². The van der Waals surface area contributed by atoms with Gasteiger partial charge < -0.3 is 4.42 Å². The van der Waals surface area contributed by atoms with Crippen molar-refractivity contribution in [3.05, 3.63) is 182 Å². The summed E-state index contributed by atoms with van der Waals surface area (Å²) in [6, 6.07) is 24.8. The quantitative estimate of drug-likeness (QED) is 0.175. The van der Waals surface area contributed by atoms with Crippen molar-refractivity contribution >= 4 is 54.3 Å². The molecule has 0 bridgehead atoms. The lowest BCUT2D eigenvalue weighted by molar-refractivity contribution is 0.670. The van der Waals surface area contributed by atoms with Crippen molar-refractivity contribution in [2.45, 2.75) is 0 Å². The molecule has 0 radical (unpaired) electrons. The summed E-state index contributed by atoms with van der Waals surface area (Å²) in [7, 11) is 0. The Bertz CT molecular complexity index is 3510. The molecule has 0 fully saturated rings. The Labute approximate surface area is 302 Å². The molecule has 0 saturated heterocycles. The molecule has 0 saturated carbocycles. The molecule has 0 aliphatic rings. The maximum Gasteiger partial charge on any atom is 0.143 e. The molecule has 1 heterocycles. The average molecular weight is 636 g/mol. The summed E-state index contributed by atoms with van der Waals surface area (Å²) < 4.78 is 122. The normalized spacial score (nSPS) is 15.4. The lowest BCUT2D eigenvalue weighted by atomic mass is 9.85. The van der Waals surface area contributed by atoms with Gasteiger partial charge in [0.25, 0.3) is 0 Å². The Morgan fingerprint density at radius 1 is 0.388 bits per heavy atom. The highest BCUT2D eigenvalue weighted by Crippen LogP contribution is 2.46. The van der Waals surface area contributed by atoms with Gasteiger partial charge in [0.1, 0.15) is 11.2 Å². The highest BCUT2D eigenvalue weighted by molar-refractivity contribution is 6.22. The molecule has 1 aromatic heterocycles. The Balaban J connectivity index is 1.32. The van der Waals surface area contributed by atoms with E-state index >= 15 is 0 Å². The Morgan fingerprint density at radius 2 is 0.939 bits per heavy atom. The fourth-order valence-electron chi connectivity index (χ4n) is 7.14. The third-order valence-corrected chi connectivity index (χ3v) is 9.19. The fraction of sp³-hybridized carbons (Fsp3) is 0. The topological polar surface area (TPSA) is 13.1 Å². The monoisotopic (exact) mass is 635 g/mol. The van der Waals surface area contributed by atoms with Crippen molar-refractivity contribution in [3.63, 3.8) is 0 Å². The van der Waals surface area contributed by atoms with Crippen molar-refractivity contribution < 1.29 is 22.2 Å². The number of para-hydroxylation sites is 1. The van der Waals surface area contributed by atoms with Gasteiger partial charge in [-0.3, -0.25) is 0 Å². The molecule has 0 amide bonds. The summed E-state index contributed by atoms with van der Waals surface area (Å²) in [5.41, 5.74) is 4.23. The minimum atomic E-state index is -0.718. The van der Waals surface area contributed by atoms with Gasteiger partial charge in [-0.2, -0.15) is 0 Å². The first-order valence-electron chi connectivity index (χ1n) is 22.3. The summed E-state index contributed by atoms with van der Waals surface area (Å²) in [5.74, 6) is 0. The smallest absolute Gasteiger partial charge is 0.143 e. The van der Waals surface area contributed by atoms with Crippen molar-refractivity contribution in [1.82, 2.24) is 0 Å². The minimum absolute atomic E-state index is 0.0574. The predicted molar refractivity (Wildman–Crippen MR) is 208 cm³/mol. The number of benzene rings is 9. The number of rotatable bonds is 4. The number of hydrogen-bond acceptors (Lipinski definition) is 1. The van der Waals surface area contributed by atoms with Crippen LogP contribution in [0.1, 0.15) is 17.8 Å². The van der Waals surface area contributed by atoms with E-state index in [1.807, 2.05) is 54.6 Å². The van der Waals surface area contributed by atoms with E-state index in [4.69, 9.17) is 16.8 Å². The van der Waals surface area contributed by atoms with Crippen LogP contribution in [0.2, 0.25) is 0 Å². The molecule has 1 nitrogen and oxygen atoms in total. The maximum absolute atomic E-state index is 9.33. The van der Waals surface area contributed by atoms with E-state index in [2.05, 4.69) is 30.3 Å². The van der Waals surface area contributed by atoms with Gasteiger partial charge in [-0.15, -0.1) is 0 Å². The molecule has 0 N–H and O–H groups in total. The summed E-state index contributed by atoms with van der Waals surface area (Å²) in [6.45, 7) is 0. The van der Waals surface area contributed by atoms with E-state index in [0.29, 0.717) is 27.9 Å². The maximum atomic E-state index is 9.33. The summed E-state index contributed by atoms with van der Waals surface area (Å²) >= 11 is 0. The van der Waals surface area contributed by atoms with Crippen LogP contribution in [0, 0.1) is 0 Å². The zero-order chi connectivity index (χ0) is 43.6. The van der Waals surface area contributed by atoms with E-state index in [1.54, 1.807) is 18.2 Å². The summed E-state index contributed by atoms with van der Waals surface area (Å²) in [5, 5.41) is 3.17. The van der Waals surface area contributed by atoms with Crippen molar-refractivity contribution in [2.75, 3.05) is 0 Å². The van der Waals surface area contributed by atoms with Gasteiger partial charge >= 0.3 is 0 Å². The average Bonchev–Trinajstić information content (AvgIpc) is 3.68. The van der Waals surface area contributed by atoms with Crippen LogP contribution >= 0.6 is 0 Å². The molecule has 0 unspecified atom stereocenters. The molecular weight excluding hydrogens is 593 g/mol. The fourth-order valence-corrected chi connectivity index (χ4v) is 7.14. The van der Waals surface area contributed by atoms with Crippen LogP contribution in [-0.4, -0.2) is 0 Å². The first-order valence-corrected chi connectivity index (χ1v) is 15.8. The molecule has 1 heteroatoms. The second-order valence-electron chi connectivity index (χ2n) is 11.8. The number of fused-ring (bicyclic) bond motifs is 6. The minimum Gasteiger partial charge on any atom is -0.455 e. The highest BCUT2D eigenvalue weighted by Gasteiger charge is 2.19. The van der Waals surface area contributed by atoms with Crippen LogP contribution in [0.5, 0.6) is 0 Å². The first kappa shape index (κ1) is 17.6. The SMILES string of the molecule is [2H]c1c([2H])c([2H])c(-c2c3c([2H])c([2H])c([2H])c([2H])c3c(-c3cccc(-c4cccc5c4oc4cccc(-c6cccc7ccccc67)c45)c3)c3c([2H])c([2H])c([2H])c([2H])c23)c([2H])c1[2H]. The van der Waals surface area contributed by atoms with Gasteiger partial charge in [-0.25, -0.2) is 0 Å². The number of hydrogen-bond donors (Lipinski definition) is 0. The molecule has 0 spiro atoms. The zero-order valence-corrected chi connectivity index (χ0v) is 25.7. The van der Waals surface area contributed by atoms with Gasteiger partial charge in [0.15, 0.2) is 0 Å². The van der Waals surface area contributed by atoms with Crippen molar-refractivity contribution in [2.24, 2.45) is 0 Å². The largest absolute Gasteiger partial charge is 0.455 e. The van der Waals surface area contributed by atoms with Crippen LogP contribution in [0.25, 0.3) is 98.8 Å². The molecule has 228 valence electrons. The van der Waals surface area contributed by atoms with E-state index in [-0.39, 0.29) is 32.7 Å². The van der Waals surface area contributed by atoms with Crippen LogP contribution in [0.4, 0.5) is 0 Å². The summed E-state index contributed by atoms with van der Waals surface area (Å²) in [4.78, 5) is 0. The third kappa shape index (κ3) is 4.33. The second kappa shape index (κ2) is 11.1. The van der Waals surface area contributed by atoms with Crippen LogP contribution < -0.4 is 0 Å². The molecule has 49 heavy (non-hydrogen) atoms. The van der Waals surface area contributed by atoms with Gasteiger partial charge in [0, 0.05) is 16.3 Å². The molecule has 9 aromatic carbocycles. The van der Waals surface area contributed by atoms with E-state index < -0.39 is 84.1 Å². The Morgan fingerprint density at radius 3 is 1.71 bits per heavy atom. The highest BCUT2D eigenvalue weighted by atomic mass is 16.3. The van der Waals surface area contributed by atoms with Crippen molar-refractivity contribution in [1.29, 1.82) is 0 Å². The summed E-state index contributed by atoms with van der Waals surface area (Å²) in [6.07, 6.45) is 0. The van der Waals surface area contributed by atoms with E-state index in [1.165, 1.54) is 0 Å². The molecule has 10 rings (SSSR count).